The van der Waals surface area contributed by atoms with Gasteiger partial charge < -0.3 is 5.73 Å². The Kier molecular flexibility index (Phi) is 1.85. The Bertz CT molecular complexity index is 298. The molecule has 58 valence electrons. The van der Waals surface area contributed by atoms with Crippen molar-refractivity contribution in [1.29, 1.82) is 0 Å². The first kappa shape index (κ1) is 7.65. The lowest BCUT2D eigenvalue weighted by molar-refractivity contribution is 0.0996. The molecule has 1 aromatic carbocycles. The second-order valence-corrected chi connectivity index (χ2v) is 1.99. The number of hydrogen-bond donors (Lipinski definition) is 1. The number of carbonyl (C=O) groups is 1. The van der Waals surface area contributed by atoms with E-state index in [4.69, 9.17) is 5.73 Å². The van der Waals surface area contributed by atoms with Gasteiger partial charge in [0.05, 0.1) is 5.56 Å². The Labute approximate surface area is 61.6 Å². The monoisotopic (exact) mass is 157 g/mol. The van der Waals surface area contributed by atoms with E-state index in [1.807, 2.05) is 0 Å². The first-order valence-corrected chi connectivity index (χ1v) is 2.86. The van der Waals surface area contributed by atoms with E-state index in [0.29, 0.717) is 0 Å². The summed E-state index contributed by atoms with van der Waals surface area (Å²) in [4.78, 5) is 10.4. The lowest BCUT2D eigenvalue weighted by Gasteiger charge is -1.96. The summed E-state index contributed by atoms with van der Waals surface area (Å²) in [6.07, 6.45) is 0. The van der Waals surface area contributed by atoms with Crippen molar-refractivity contribution in [2.75, 3.05) is 0 Å². The Morgan fingerprint density at radius 2 is 2.00 bits per heavy atom. The lowest BCUT2D eigenvalue weighted by Crippen LogP contribution is -2.13. The van der Waals surface area contributed by atoms with E-state index in [2.05, 4.69) is 0 Å². The molecule has 0 fully saturated rings. The maximum Gasteiger partial charge on any atom is 0.251 e. The fourth-order valence-corrected chi connectivity index (χ4v) is 0.686. The lowest BCUT2D eigenvalue weighted by atomic mass is 10.2. The normalized spacial score (nSPS) is 9.64. The molecule has 0 atom stereocenters. The third-order valence-corrected chi connectivity index (χ3v) is 1.19. The maximum absolute atomic E-state index is 12.6. The molecule has 0 saturated carbocycles. The van der Waals surface area contributed by atoms with Crippen LogP contribution in [0.25, 0.3) is 0 Å². The van der Waals surface area contributed by atoms with E-state index in [-0.39, 0.29) is 0 Å². The van der Waals surface area contributed by atoms with Gasteiger partial charge in [0.2, 0.25) is 0 Å². The van der Waals surface area contributed by atoms with E-state index in [9.17, 15) is 13.6 Å². The zero-order valence-electron chi connectivity index (χ0n) is 5.47. The molecule has 0 radical (unpaired) electrons. The van der Waals surface area contributed by atoms with Crippen LogP contribution in [0.2, 0.25) is 0 Å². The van der Waals surface area contributed by atoms with Crippen molar-refractivity contribution in [2.45, 2.75) is 0 Å². The number of primary amides is 1. The summed E-state index contributed by atoms with van der Waals surface area (Å²) in [6.45, 7) is 0. The predicted octanol–water partition coefficient (Wildman–Crippen LogP) is 1.06. The molecule has 0 spiro atoms. The van der Waals surface area contributed by atoms with E-state index >= 15 is 0 Å². The summed E-state index contributed by atoms with van der Waals surface area (Å²) in [5, 5.41) is 0. The van der Waals surface area contributed by atoms with Crippen LogP contribution in [-0.4, -0.2) is 5.91 Å². The van der Waals surface area contributed by atoms with Gasteiger partial charge in [-0.1, -0.05) is 0 Å². The largest absolute Gasteiger partial charge is 0.366 e. The molecule has 0 saturated heterocycles. The molecule has 11 heavy (non-hydrogen) atoms. The highest BCUT2D eigenvalue weighted by Gasteiger charge is 2.07. The molecule has 0 bridgehead atoms. The topological polar surface area (TPSA) is 43.1 Å². The van der Waals surface area contributed by atoms with Gasteiger partial charge in [0, 0.05) is 0 Å². The van der Waals surface area contributed by atoms with Crippen LogP contribution in [0.3, 0.4) is 0 Å². The van der Waals surface area contributed by atoms with Crippen LogP contribution in [0.1, 0.15) is 10.4 Å². The number of amides is 1. The number of hydrogen-bond acceptors (Lipinski definition) is 1. The molecule has 1 amide bonds. The van der Waals surface area contributed by atoms with Gasteiger partial charge in [0.1, 0.15) is 11.6 Å². The molecular formula is C7H5F2NO. The van der Waals surface area contributed by atoms with Crippen molar-refractivity contribution in [3.63, 3.8) is 0 Å². The van der Waals surface area contributed by atoms with Gasteiger partial charge in [-0.25, -0.2) is 8.78 Å². The van der Waals surface area contributed by atoms with Gasteiger partial charge in [0.25, 0.3) is 5.91 Å². The van der Waals surface area contributed by atoms with Crippen molar-refractivity contribution >= 4 is 5.91 Å². The third kappa shape index (κ3) is 1.52. The second-order valence-electron chi connectivity index (χ2n) is 1.99. The molecule has 4 heteroatoms. The molecule has 0 heterocycles. The fourth-order valence-electron chi connectivity index (χ4n) is 0.686. The number of halogens is 2. The summed E-state index contributed by atoms with van der Waals surface area (Å²) < 4.78 is 24.9. The highest BCUT2D eigenvalue weighted by atomic mass is 19.1. The molecule has 2 nitrogen and oxygen atoms in total. The zero-order valence-corrected chi connectivity index (χ0v) is 5.47. The predicted molar refractivity (Wildman–Crippen MR) is 34.9 cm³/mol. The molecule has 0 unspecified atom stereocenters. The van der Waals surface area contributed by atoms with E-state index in [1.165, 1.54) is 0 Å². The number of carbonyl (C=O) groups excluding carboxylic acids is 1. The van der Waals surface area contributed by atoms with Crippen LogP contribution in [0.5, 0.6) is 0 Å². The Morgan fingerprint density at radius 3 is 2.45 bits per heavy atom. The minimum atomic E-state index is -0.970. The molecule has 0 aliphatic rings. The zero-order chi connectivity index (χ0) is 8.43. The van der Waals surface area contributed by atoms with Gasteiger partial charge in [-0.05, 0) is 18.2 Å². The molecular weight excluding hydrogens is 152 g/mol. The smallest absolute Gasteiger partial charge is 0.251 e. The van der Waals surface area contributed by atoms with Crippen molar-refractivity contribution in [1.82, 2.24) is 0 Å². The first-order chi connectivity index (χ1) is 5.11. The minimum Gasteiger partial charge on any atom is -0.366 e. The van der Waals surface area contributed by atoms with Gasteiger partial charge in [-0.2, -0.15) is 0 Å². The average Bonchev–Trinajstić information content (AvgIpc) is 1.94. The van der Waals surface area contributed by atoms with Crippen LogP contribution in [-0.2, 0) is 0 Å². The summed E-state index contributed by atoms with van der Waals surface area (Å²) in [7, 11) is 0. The van der Waals surface area contributed by atoms with Gasteiger partial charge in [-0.15, -0.1) is 0 Å². The van der Waals surface area contributed by atoms with Gasteiger partial charge in [0.15, 0.2) is 0 Å². The summed E-state index contributed by atoms with van der Waals surface area (Å²) in [5.41, 5.74) is 4.31. The Hall–Kier alpha value is -1.45. The van der Waals surface area contributed by atoms with Crippen LogP contribution in [0.15, 0.2) is 18.2 Å². The van der Waals surface area contributed by atoms with Crippen LogP contribution in [0, 0.1) is 11.6 Å². The third-order valence-electron chi connectivity index (χ3n) is 1.19. The molecule has 0 aliphatic carbocycles. The van der Waals surface area contributed by atoms with Gasteiger partial charge >= 0.3 is 0 Å². The highest BCUT2D eigenvalue weighted by molar-refractivity contribution is 5.92. The van der Waals surface area contributed by atoms with Crippen molar-refractivity contribution in [3.8, 4) is 0 Å². The summed E-state index contributed by atoms with van der Waals surface area (Å²) in [6, 6.07) is 2.54. The van der Waals surface area contributed by atoms with Crippen molar-refractivity contribution < 1.29 is 13.6 Å². The Morgan fingerprint density at radius 1 is 1.36 bits per heavy atom. The second kappa shape index (κ2) is 2.65. The van der Waals surface area contributed by atoms with Crippen LogP contribution < -0.4 is 5.73 Å². The summed E-state index contributed by atoms with van der Waals surface area (Å²) in [5.74, 6) is -2.46. The molecule has 1 rings (SSSR count). The molecule has 0 aromatic heterocycles. The minimum absolute atomic E-state index is 0.426. The van der Waals surface area contributed by atoms with Crippen molar-refractivity contribution in [3.05, 3.63) is 35.4 Å². The van der Waals surface area contributed by atoms with Crippen LogP contribution in [0.4, 0.5) is 8.78 Å². The number of rotatable bonds is 1. The van der Waals surface area contributed by atoms with Crippen molar-refractivity contribution in [2.24, 2.45) is 5.73 Å². The maximum atomic E-state index is 12.6. The van der Waals surface area contributed by atoms with Crippen LogP contribution >= 0.6 is 0 Å². The molecule has 1 aromatic rings. The van der Waals surface area contributed by atoms with Gasteiger partial charge in [-0.3, -0.25) is 4.79 Å². The molecule has 2 N–H and O–H groups in total. The number of benzene rings is 1. The van der Waals surface area contributed by atoms with E-state index in [0.717, 1.165) is 18.2 Å². The SMILES string of the molecule is NC(=O)c1cc(F)ccc1F. The van der Waals surface area contributed by atoms with E-state index in [1.54, 1.807) is 0 Å². The standard InChI is InChI=1S/C7H5F2NO/c8-4-1-2-6(9)5(3-4)7(10)11/h1-3H,(H2,10,11). The fraction of sp³-hybridized carbons (Fsp3) is 0. The number of nitrogens with two attached hydrogens (primary N) is 1. The first-order valence-electron chi connectivity index (χ1n) is 2.86. The summed E-state index contributed by atoms with van der Waals surface area (Å²) >= 11 is 0. The average molecular weight is 157 g/mol. The van der Waals surface area contributed by atoms with E-state index < -0.39 is 23.1 Å². The quantitative estimate of drug-likeness (QED) is 0.650. The molecule has 0 aliphatic heterocycles. The Balaban J connectivity index is 3.23. The highest BCUT2D eigenvalue weighted by Crippen LogP contribution is 2.07.